The molecule has 0 fully saturated rings. The van der Waals surface area contributed by atoms with Crippen molar-refractivity contribution in [3.63, 3.8) is 0 Å². The highest BCUT2D eigenvalue weighted by Gasteiger charge is 2.06. The van der Waals surface area contributed by atoms with Gasteiger partial charge in [-0.2, -0.15) is 5.10 Å². The molecule has 0 aliphatic rings. The Morgan fingerprint density at radius 3 is 2.70 bits per heavy atom. The van der Waals surface area contributed by atoms with Gasteiger partial charge in [0.1, 0.15) is 5.75 Å². The molecule has 0 unspecified atom stereocenters. The lowest BCUT2D eigenvalue weighted by Crippen LogP contribution is -2.17. The minimum absolute atomic E-state index is 0.0810. The van der Waals surface area contributed by atoms with Crippen LogP contribution in [0.2, 0.25) is 0 Å². The summed E-state index contributed by atoms with van der Waals surface area (Å²) in [7, 11) is 1.62. The van der Waals surface area contributed by atoms with Crippen molar-refractivity contribution in [3.05, 3.63) is 63.1 Å². The van der Waals surface area contributed by atoms with Crippen molar-refractivity contribution in [2.45, 2.75) is 13.5 Å². The number of benzene rings is 2. The van der Waals surface area contributed by atoms with Gasteiger partial charge < -0.3 is 9.84 Å². The van der Waals surface area contributed by atoms with Gasteiger partial charge in [-0.05, 0) is 58.2 Å². The van der Waals surface area contributed by atoms with Crippen molar-refractivity contribution >= 4 is 28.1 Å². The fraction of sp³-hybridized carbons (Fsp3) is 0.176. The summed E-state index contributed by atoms with van der Waals surface area (Å²) in [5.41, 5.74) is 5.41. The Hall–Kier alpha value is -2.18. The van der Waals surface area contributed by atoms with Crippen molar-refractivity contribution in [2.75, 3.05) is 7.11 Å². The minimum atomic E-state index is -0.323. The number of carbonyl (C=O) groups is 1. The van der Waals surface area contributed by atoms with Gasteiger partial charge in [-0.3, -0.25) is 4.79 Å². The van der Waals surface area contributed by atoms with E-state index in [4.69, 9.17) is 4.74 Å². The van der Waals surface area contributed by atoms with E-state index in [1.165, 1.54) is 6.21 Å². The summed E-state index contributed by atoms with van der Waals surface area (Å²) in [4.78, 5) is 12.0. The van der Waals surface area contributed by atoms with E-state index in [2.05, 4.69) is 26.5 Å². The normalized spacial score (nSPS) is 10.9. The zero-order chi connectivity index (χ0) is 16.8. The number of carbonyl (C=O) groups excluding carboxylic acids is 1. The predicted octanol–water partition coefficient (Wildman–Crippen LogP) is 3.37. The molecule has 0 aromatic heterocycles. The van der Waals surface area contributed by atoms with Crippen molar-refractivity contribution in [2.24, 2.45) is 5.10 Å². The molecule has 0 spiro atoms. The molecule has 5 nitrogen and oxygen atoms in total. The molecule has 0 atom stereocenters. The maximum Gasteiger partial charge on any atom is 0.271 e. The van der Waals surface area contributed by atoms with Crippen LogP contribution in [0.3, 0.4) is 0 Å². The smallest absolute Gasteiger partial charge is 0.271 e. The molecule has 0 saturated carbocycles. The van der Waals surface area contributed by atoms with Crippen LogP contribution < -0.4 is 5.43 Å². The zero-order valence-corrected chi connectivity index (χ0v) is 14.4. The third-order valence-corrected chi connectivity index (χ3v) is 3.74. The monoisotopic (exact) mass is 376 g/mol. The first kappa shape index (κ1) is 17.2. The van der Waals surface area contributed by atoms with Gasteiger partial charge in [0.15, 0.2) is 0 Å². The van der Waals surface area contributed by atoms with E-state index < -0.39 is 0 Å². The third kappa shape index (κ3) is 4.64. The second-order valence-electron chi connectivity index (χ2n) is 5.01. The van der Waals surface area contributed by atoms with Gasteiger partial charge in [0, 0.05) is 18.2 Å². The molecule has 6 heteroatoms. The number of hydrazone groups is 1. The van der Waals surface area contributed by atoms with Crippen LogP contribution in [-0.2, 0) is 11.3 Å². The quantitative estimate of drug-likeness (QED) is 0.620. The number of nitrogens with one attached hydrogen (secondary N) is 1. The highest BCUT2D eigenvalue weighted by Crippen LogP contribution is 2.28. The average Bonchev–Trinajstić information content (AvgIpc) is 2.53. The lowest BCUT2D eigenvalue weighted by Gasteiger charge is -2.04. The highest BCUT2D eigenvalue weighted by atomic mass is 79.9. The number of aromatic hydroxyl groups is 1. The summed E-state index contributed by atoms with van der Waals surface area (Å²) in [5.74, 6) is -0.242. The van der Waals surface area contributed by atoms with E-state index >= 15 is 0 Å². The van der Waals surface area contributed by atoms with Crippen LogP contribution in [0.5, 0.6) is 5.75 Å². The molecule has 2 aromatic carbocycles. The van der Waals surface area contributed by atoms with Crippen LogP contribution in [0.25, 0.3) is 0 Å². The van der Waals surface area contributed by atoms with Crippen LogP contribution >= 0.6 is 15.9 Å². The average molecular weight is 377 g/mol. The largest absolute Gasteiger partial charge is 0.506 e. The maximum atomic E-state index is 12.0. The summed E-state index contributed by atoms with van der Waals surface area (Å²) in [5, 5.41) is 13.8. The molecule has 2 N–H and O–H groups in total. The lowest BCUT2D eigenvalue weighted by molar-refractivity contribution is 0.0955. The van der Waals surface area contributed by atoms with E-state index in [1.807, 2.05) is 19.1 Å². The molecule has 0 bridgehead atoms. The summed E-state index contributed by atoms with van der Waals surface area (Å²) >= 11 is 3.26. The van der Waals surface area contributed by atoms with Crippen molar-refractivity contribution in [3.8, 4) is 5.75 Å². The molecule has 0 aliphatic heterocycles. The second kappa shape index (κ2) is 7.89. The number of phenols is 1. The molecule has 0 heterocycles. The number of phenolic OH excluding ortho intramolecular Hbond substituents is 1. The van der Waals surface area contributed by atoms with Gasteiger partial charge in [0.2, 0.25) is 0 Å². The fourth-order valence-electron chi connectivity index (χ4n) is 2.00. The first-order valence-electron chi connectivity index (χ1n) is 6.91. The summed E-state index contributed by atoms with van der Waals surface area (Å²) in [6, 6.07) is 10.6. The molecule has 0 radical (unpaired) electrons. The van der Waals surface area contributed by atoms with Crippen molar-refractivity contribution < 1.29 is 14.6 Å². The first-order valence-corrected chi connectivity index (χ1v) is 7.71. The molecule has 1 amide bonds. The molecule has 2 aromatic rings. The first-order chi connectivity index (χ1) is 11.0. The van der Waals surface area contributed by atoms with Crippen LogP contribution in [0, 0.1) is 6.92 Å². The third-order valence-electron chi connectivity index (χ3n) is 3.13. The SMILES string of the molecule is COCc1ccc(C(=O)N/N=C/c2cc(C)cc(Br)c2O)cc1. The Labute approximate surface area is 143 Å². The highest BCUT2D eigenvalue weighted by molar-refractivity contribution is 9.10. The molecule has 120 valence electrons. The standard InChI is InChI=1S/C17H17BrN2O3/c1-11-7-14(16(21)15(18)8-11)9-19-20-17(22)13-5-3-12(4-6-13)10-23-2/h3-9,21H,10H2,1-2H3,(H,20,22)/b19-9+. The summed E-state index contributed by atoms with van der Waals surface area (Å²) < 4.78 is 5.60. The van der Waals surface area contributed by atoms with Crippen molar-refractivity contribution in [1.29, 1.82) is 0 Å². The van der Waals surface area contributed by atoms with Crippen molar-refractivity contribution in [1.82, 2.24) is 5.43 Å². The number of amides is 1. The van der Waals surface area contributed by atoms with Gasteiger partial charge in [-0.15, -0.1) is 0 Å². The Balaban J connectivity index is 2.04. The van der Waals surface area contributed by atoms with Crippen LogP contribution in [-0.4, -0.2) is 24.3 Å². The van der Waals surface area contributed by atoms with Gasteiger partial charge in [-0.25, -0.2) is 5.43 Å². The molecule has 0 saturated heterocycles. The maximum absolute atomic E-state index is 12.0. The Kier molecular flexibility index (Phi) is 5.90. The van der Waals surface area contributed by atoms with Crippen LogP contribution in [0.4, 0.5) is 0 Å². The molecular weight excluding hydrogens is 360 g/mol. The van der Waals surface area contributed by atoms with E-state index in [1.54, 1.807) is 31.4 Å². The van der Waals surface area contributed by atoms with E-state index in [9.17, 15) is 9.90 Å². The molecule has 2 rings (SSSR count). The molecular formula is C17H17BrN2O3. The number of nitrogens with zero attached hydrogens (tertiary/aromatic N) is 1. The minimum Gasteiger partial charge on any atom is -0.506 e. The number of hydrogen-bond donors (Lipinski definition) is 2. The zero-order valence-electron chi connectivity index (χ0n) is 12.8. The summed E-state index contributed by atoms with van der Waals surface area (Å²) in [6.07, 6.45) is 1.41. The van der Waals surface area contributed by atoms with E-state index in [0.717, 1.165) is 11.1 Å². The van der Waals surface area contributed by atoms with Gasteiger partial charge in [0.25, 0.3) is 5.91 Å². The van der Waals surface area contributed by atoms with Gasteiger partial charge >= 0.3 is 0 Å². The number of aryl methyl sites for hydroxylation is 1. The van der Waals surface area contributed by atoms with Crippen LogP contribution in [0.15, 0.2) is 46.0 Å². The Morgan fingerprint density at radius 2 is 2.04 bits per heavy atom. The number of rotatable bonds is 5. The fourth-order valence-corrected chi connectivity index (χ4v) is 2.59. The second-order valence-corrected chi connectivity index (χ2v) is 5.87. The summed E-state index contributed by atoms with van der Waals surface area (Å²) in [6.45, 7) is 2.41. The van der Waals surface area contributed by atoms with Crippen LogP contribution in [0.1, 0.15) is 27.0 Å². The lowest BCUT2D eigenvalue weighted by atomic mass is 10.1. The van der Waals surface area contributed by atoms with Gasteiger partial charge in [-0.1, -0.05) is 12.1 Å². The number of halogens is 1. The topological polar surface area (TPSA) is 70.9 Å². The number of methoxy groups -OCH3 is 1. The van der Waals surface area contributed by atoms with E-state index in [-0.39, 0.29) is 11.7 Å². The Bertz CT molecular complexity index is 727. The van der Waals surface area contributed by atoms with E-state index in [0.29, 0.717) is 22.2 Å². The van der Waals surface area contributed by atoms with Gasteiger partial charge in [0.05, 0.1) is 17.3 Å². The molecule has 23 heavy (non-hydrogen) atoms. The number of hydrogen-bond acceptors (Lipinski definition) is 4. The molecule has 0 aliphatic carbocycles. The number of ether oxygens (including phenoxy) is 1. The predicted molar refractivity (Wildman–Crippen MR) is 92.8 cm³/mol. The Morgan fingerprint density at radius 1 is 1.35 bits per heavy atom.